The molecule has 18 nitrogen and oxygen atoms in total. The van der Waals surface area contributed by atoms with E-state index >= 15 is 0 Å². The van der Waals surface area contributed by atoms with E-state index in [1.165, 1.54) is 6.92 Å². The average Bonchev–Trinajstić information content (AvgIpc) is 2.81. The van der Waals surface area contributed by atoms with Crippen LogP contribution < -0.4 is 49.5 Å². The van der Waals surface area contributed by atoms with E-state index in [0.29, 0.717) is 0 Å². The Bertz CT molecular complexity index is 896. The first-order chi connectivity index (χ1) is 17.2. The molecule has 0 aliphatic heterocycles. The largest absolute Gasteiger partial charge is 0.394 e. The first kappa shape index (κ1) is 32.7. The Morgan fingerprint density at radius 3 is 1.81 bits per heavy atom. The summed E-state index contributed by atoms with van der Waals surface area (Å²) >= 11 is 0. The highest BCUT2D eigenvalue weighted by atomic mass is 16.3. The van der Waals surface area contributed by atoms with Crippen LogP contribution in [0.3, 0.4) is 0 Å². The molecule has 18 heteroatoms. The van der Waals surface area contributed by atoms with Crippen molar-refractivity contribution < 1.29 is 43.5 Å². The maximum atomic E-state index is 12.4. The zero-order chi connectivity index (χ0) is 28.7. The summed E-state index contributed by atoms with van der Waals surface area (Å²) in [5, 5.41) is 20.2. The standard InChI is InChI=1S/C19H33N9O9/c1-8(16(23)34)26-18(36)10(4-13(22)31)28-19(37)11(7-29)27-15(33)6-24-14(32)5-25-17(35)9(20)2-3-12(21)30/h8-11,29H,2-7,20H2,1H3,(H2,21,30)(H2,22,31)(H2,23,34)(H,24,32)(H,25,35)(H,26,36)(H,27,33)(H,28,37). The van der Waals surface area contributed by atoms with Crippen LogP contribution in [0.15, 0.2) is 0 Å². The van der Waals surface area contributed by atoms with E-state index in [2.05, 4.69) is 26.6 Å². The summed E-state index contributed by atoms with van der Waals surface area (Å²) < 4.78 is 0. The van der Waals surface area contributed by atoms with E-state index in [9.17, 15) is 43.5 Å². The van der Waals surface area contributed by atoms with Crippen molar-refractivity contribution in [3.63, 3.8) is 0 Å². The fraction of sp³-hybridized carbons (Fsp3) is 0.579. The third-order valence-electron chi connectivity index (χ3n) is 4.57. The molecule has 208 valence electrons. The number of nitrogens with two attached hydrogens (primary N) is 4. The van der Waals surface area contributed by atoms with Gasteiger partial charge < -0.3 is 54.6 Å². The van der Waals surface area contributed by atoms with E-state index in [-0.39, 0.29) is 12.8 Å². The van der Waals surface area contributed by atoms with Crippen LogP contribution in [0.1, 0.15) is 26.2 Å². The summed E-state index contributed by atoms with van der Waals surface area (Å²) in [6.07, 6.45) is -0.813. The van der Waals surface area contributed by atoms with Gasteiger partial charge in [-0.05, 0) is 13.3 Å². The van der Waals surface area contributed by atoms with Gasteiger partial charge in [-0.3, -0.25) is 38.4 Å². The van der Waals surface area contributed by atoms with Crippen LogP contribution in [0.25, 0.3) is 0 Å². The molecule has 0 aromatic heterocycles. The number of hydrogen-bond acceptors (Lipinski definition) is 10. The molecule has 0 aromatic carbocycles. The number of carbonyl (C=O) groups is 8. The molecule has 8 amide bonds. The SMILES string of the molecule is CC(NC(=O)C(CC(N)=O)NC(=O)C(CO)NC(=O)CNC(=O)CNC(=O)C(N)CCC(N)=O)C(N)=O. The Balaban J connectivity index is 4.78. The number of nitrogens with one attached hydrogen (secondary N) is 5. The highest BCUT2D eigenvalue weighted by Crippen LogP contribution is 1.97. The minimum absolute atomic E-state index is 0.0259. The molecular weight excluding hydrogens is 498 g/mol. The van der Waals surface area contributed by atoms with E-state index in [0.717, 1.165) is 0 Å². The van der Waals surface area contributed by atoms with Gasteiger partial charge in [-0.15, -0.1) is 0 Å². The summed E-state index contributed by atoms with van der Waals surface area (Å²) in [5.74, 6) is -6.99. The Labute approximate surface area is 211 Å². The Morgan fingerprint density at radius 2 is 1.30 bits per heavy atom. The van der Waals surface area contributed by atoms with E-state index in [1.807, 2.05) is 0 Å². The van der Waals surface area contributed by atoms with Crippen LogP contribution in [-0.2, 0) is 38.4 Å². The molecule has 0 aromatic rings. The molecule has 0 fully saturated rings. The van der Waals surface area contributed by atoms with Gasteiger partial charge in [-0.25, -0.2) is 0 Å². The zero-order valence-corrected chi connectivity index (χ0v) is 20.1. The smallest absolute Gasteiger partial charge is 0.245 e. The number of aliphatic hydroxyl groups excluding tert-OH is 1. The van der Waals surface area contributed by atoms with Crippen molar-refractivity contribution in [3.8, 4) is 0 Å². The summed E-state index contributed by atoms with van der Waals surface area (Å²) in [4.78, 5) is 93.4. The van der Waals surface area contributed by atoms with Crippen molar-refractivity contribution in [1.29, 1.82) is 0 Å². The summed E-state index contributed by atoms with van der Waals surface area (Å²) in [6, 6.07) is -5.35. The molecule has 0 radical (unpaired) electrons. The van der Waals surface area contributed by atoms with Crippen LogP contribution in [0, 0.1) is 0 Å². The molecule has 0 heterocycles. The molecule has 4 atom stereocenters. The fourth-order valence-corrected chi connectivity index (χ4v) is 2.48. The van der Waals surface area contributed by atoms with Crippen LogP contribution in [0.2, 0.25) is 0 Å². The normalized spacial score (nSPS) is 13.6. The first-order valence-corrected chi connectivity index (χ1v) is 10.8. The molecule has 0 bridgehead atoms. The average molecular weight is 532 g/mol. The van der Waals surface area contributed by atoms with Crippen molar-refractivity contribution in [2.45, 2.75) is 50.4 Å². The third-order valence-corrected chi connectivity index (χ3v) is 4.57. The van der Waals surface area contributed by atoms with Gasteiger partial charge in [0.15, 0.2) is 0 Å². The van der Waals surface area contributed by atoms with Crippen LogP contribution in [0.5, 0.6) is 0 Å². The van der Waals surface area contributed by atoms with Crippen LogP contribution >= 0.6 is 0 Å². The van der Waals surface area contributed by atoms with Crippen molar-refractivity contribution in [2.24, 2.45) is 22.9 Å². The highest BCUT2D eigenvalue weighted by molar-refractivity contribution is 5.96. The molecule has 0 spiro atoms. The molecule has 0 rings (SSSR count). The maximum absolute atomic E-state index is 12.4. The molecule has 0 aliphatic carbocycles. The predicted octanol–water partition coefficient (Wildman–Crippen LogP) is -7.36. The number of rotatable bonds is 17. The van der Waals surface area contributed by atoms with E-state index in [1.54, 1.807) is 0 Å². The van der Waals surface area contributed by atoms with E-state index in [4.69, 9.17) is 22.9 Å². The lowest BCUT2D eigenvalue weighted by Gasteiger charge is -2.22. The van der Waals surface area contributed by atoms with Crippen LogP contribution in [-0.4, -0.2) is 96.2 Å². The van der Waals surface area contributed by atoms with Gasteiger partial charge in [0.25, 0.3) is 0 Å². The molecule has 4 unspecified atom stereocenters. The van der Waals surface area contributed by atoms with Gasteiger partial charge >= 0.3 is 0 Å². The Morgan fingerprint density at radius 1 is 0.730 bits per heavy atom. The fourth-order valence-electron chi connectivity index (χ4n) is 2.48. The Hall–Kier alpha value is -4.32. The number of carbonyl (C=O) groups excluding carboxylic acids is 8. The second-order valence-corrected chi connectivity index (χ2v) is 7.77. The topological polar surface area (TPSA) is 321 Å². The van der Waals surface area contributed by atoms with Gasteiger partial charge in [0.1, 0.15) is 18.1 Å². The van der Waals surface area contributed by atoms with E-state index < -0.39 is 97.5 Å². The number of amides is 8. The minimum atomic E-state index is -1.59. The maximum Gasteiger partial charge on any atom is 0.245 e. The highest BCUT2D eigenvalue weighted by Gasteiger charge is 2.29. The second kappa shape index (κ2) is 16.4. The lowest BCUT2D eigenvalue weighted by molar-refractivity contribution is -0.135. The molecule has 14 N–H and O–H groups in total. The van der Waals surface area contributed by atoms with Gasteiger partial charge in [0, 0.05) is 6.42 Å². The number of hydrogen-bond donors (Lipinski definition) is 10. The van der Waals surface area contributed by atoms with Gasteiger partial charge in [0.2, 0.25) is 47.3 Å². The minimum Gasteiger partial charge on any atom is -0.394 e. The number of aliphatic hydroxyl groups is 1. The molecular formula is C19H33N9O9. The van der Waals surface area contributed by atoms with Gasteiger partial charge in [0.05, 0.1) is 32.2 Å². The van der Waals surface area contributed by atoms with Gasteiger partial charge in [-0.2, -0.15) is 0 Å². The summed E-state index contributed by atoms with van der Waals surface area (Å²) in [7, 11) is 0. The monoisotopic (exact) mass is 531 g/mol. The third kappa shape index (κ3) is 14.0. The lowest BCUT2D eigenvalue weighted by Crippen LogP contribution is -2.58. The molecule has 37 heavy (non-hydrogen) atoms. The van der Waals surface area contributed by atoms with Crippen molar-refractivity contribution in [2.75, 3.05) is 19.7 Å². The van der Waals surface area contributed by atoms with Crippen molar-refractivity contribution >= 4 is 47.3 Å². The summed E-state index contributed by atoms with van der Waals surface area (Å²) in [5.41, 5.74) is 20.6. The molecule has 0 saturated heterocycles. The number of primary amides is 3. The Kier molecular flexibility index (Phi) is 14.5. The van der Waals surface area contributed by atoms with Crippen LogP contribution in [0.4, 0.5) is 0 Å². The molecule has 0 aliphatic rings. The van der Waals surface area contributed by atoms with Gasteiger partial charge in [-0.1, -0.05) is 0 Å². The predicted molar refractivity (Wildman–Crippen MR) is 124 cm³/mol. The molecule has 0 saturated carbocycles. The second-order valence-electron chi connectivity index (χ2n) is 7.77. The quantitative estimate of drug-likeness (QED) is 0.0844. The summed E-state index contributed by atoms with van der Waals surface area (Å²) in [6.45, 7) is -0.868. The van der Waals surface area contributed by atoms with Crippen molar-refractivity contribution in [1.82, 2.24) is 26.6 Å². The zero-order valence-electron chi connectivity index (χ0n) is 20.1. The lowest BCUT2D eigenvalue weighted by atomic mass is 10.1. The van der Waals surface area contributed by atoms with Crippen molar-refractivity contribution in [3.05, 3.63) is 0 Å². The first-order valence-electron chi connectivity index (χ1n) is 10.8.